The minimum absolute atomic E-state index is 0.182. The second kappa shape index (κ2) is 8.51. The van der Waals surface area contributed by atoms with Crippen molar-refractivity contribution in [1.29, 1.82) is 0 Å². The van der Waals surface area contributed by atoms with Crippen LogP contribution in [0.4, 0.5) is 11.5 Å². The molecule has 2 amide bonds. The summed E-state index contributed by atoms with van der Waals surface area (Å²) >= 11 is 5.84. The normalized spacial score (nSPS) is 12.8. The number of halogens is 1. The lowest BCUT2D eigenvalue weighted by molar-refractivity contribution is 0.0647. The molecule has 2 heterocycles. The molecule has 1 aliphatic rings. The number of ether oxygens (including phenoxy) is 1. The first kappa shape index (κ1) is 19.8. The topological polar surface area (TPSA) is 84.4 Å². The number of fused-ring (bicyclic) bond motifs is 1. The zero-order valence-electron chi connectivity index (χ0n) is 16.3. The minimum atomic E-state index is -0.244. The summed E-state index contributed by atoms with van der Waals surface area (Å²) in [5.74, 6) is 0.849. The first-order chi connectivity index (χ1) is 14.5. The van der Waals surface area contributed by atoms with Crippen LogP contribution in [-0.4, -0.2) is 39.8 Å². The molecule has 0 spiro atoms. The minimum Gasteiger partial charge on any atom is -0.494 e. The lowest BCUT2D eigenvalue weighted by atomic mass is 10.1. The number of nitrogens with one attached hydrogen (secondary N) is 1. The predicted molar refractivity (Wildman–Crippen MR) is 113 cm³/mol. The molecule has 0 bridgehead atoms. The Balaban J connectivity index is 1.28. The molecule has 1 aliphatic heterocycles. The largest absolute Gasteiger partial charge is 0.494 e. The van der Waals surface area contributed by atoms with Crippen LogP contribution >= 0.6 is 11.6 Å². The van der Waals surface area contributed by atoms with Gasteiger partial charge in [0.05, 0.1) is 17.7 Å². The van der Waals surface area contributed by atoms with Crippen LogP contribution in [0.1, 0.15) is 32.7 Å². The SMILES string of the molecule is Cc1cnc(Cl)nc1Nc1ccc(OCCCN2C(=O)c3ccccc3C2=O)cc1. The smallest absolute Gasteiger partial charge is 0.261 e. The van der Waals surface area contributed by atoms with E-state index in [0.717, 1.165) is 11.3 Å². The third kappa shape index (κ3) is 4.11. The first-order valence-electron chi connectivity index (χ1n) is 9.47. The van der Waals surface area contributed by atoms with Gasteiger partial charge in [-0.05, 0) is 61.3 Å². The molecular weight excluding hydrogens is 404 g/mol. The van der Waals surface area contributed by atoms with Gasteiger partial charge in [0.15, 0.2) is 0 Å². The number of carbonyl (C=O) groups excluding carboxylic acids is 2. The van der Waals surface area contributed by atoms with Crippen LogP contribution in [0.25, 0.3) is 0 Å². The van der Waals surface area contributed by atoms with Gasteiger partial charge in [-0.1, -0.05) is 12.1 Å². The Morgan fingerprint density at radius 3 is 2.37 bits per heavy atom. The van der Waals surface area contributed by atoms with Crippen LogP contribution in [0.5, 0.6) is 5.75 Å². The lowest BCUT2D eigenvalue weighted by Gasteiger charge is -2.14. The van der Waals surface area contributed by atoms with Gasteiger partial charge in [0.1, 0.15) is 11.6 Å². The van der Waals surface area contributed by atoms with E-state index in [4.69, 9.17) is 16.3 Å². The van der Waals surface area contributed by atoms with Crippen molar-refractivity contribution in [2.24, 2.45) is 0 Å². The van der Waals surface area contributed by atoms with Gasteiger partial charge in [-0.25, -0.2) is 9.97 Å². The fraction of sp³-hybridized carbons (Fsp3) is 0.182. The van der Waals surface area contributed by atoms with E-state index in [-0.39, 0.29) is 17.1 Å². The third-order valence-corrected chi connectivity index (χ3v) is 4.91. The third-order valence-electron chi connectivity index (χ3n) is 4.73. The maximum absolute atomic E-state index is 12.3. The fourth-order valence-corrected chi connectivity index (χ4v) is 3.31. The molecule has 30 heavy (non-hydrogen) atoms. The number of aryl methyl sites for hydroxylation is 1. The van der Waals surface area contributed by atoms with E-state index in [2.05, 4.69) is 15.3 Å². The van der Waals surface area contributed by atoms with Gasteiger partial charge in [0.2, 0.25) is 5.28 Å². The molecule has 8 heteroatoms. The zero-order chi connectivity index (χ0) is 21.1. The summed E-state index contributed by atoms with van der Waals surface area (Å²) in [6, 6.07) is 14.3. The Hall–Kier alpha value is -3.45. The Kier molecular flexibility index (Phi) is 5.63. The van der Waals surface area contributed by atoms with Crippen LogP contribution < -0.4 is 10.1 Å². The first-order valence-corrected chi connectivity index (χ1v) is 9.85. The maximum Gasteiger partial charge on any atom is 0.261 e. The Morgan fingerprint density at radius 1 is 1.03 bits per heavy atom. The van der Waals surface area contributed by atoms with E-state index in [1.165, 1.54) is 4.90 Å². The molecule has 1 N–H and O–H groups in total. The van der Waals surface area contributed by atoms with Crippen LogP contribution in [0, 0.1) is 6.92 Å². The Morgan fingerprint density at radius 2 is 1.70 bits per heavy atom. The van der Waals surface area contributed by atoms with E-state index in [9.17, 15) is 9.59 Å². The van der Waals surface area contributed by atoms with Crippen molar-refractivity contribution >= 4 is 34.9 Å². The number of hydrogen-bond acceptors (Lipinski definition) is 6. The standard InChI is InChI=1S/C22H19ClN4O3/c1-14-13-24-22(23)26-19(14)25-15-7-9-16(10-8-15)30-12-4-11-27-20(28)17-5-2-3-6-18(17)21(27)29/h2-3,5-10,13H,4,11-12H2,1H3,(H,24,25,26). The van der Waals surface area contributed by atoms with E-state index in [0.29, 0.717) is 42.3 Å². The molecule has 3 aromatic rings. The summed E-state index contributed by atoms with van der Waals surface area (Å²) < 4.78 is 5.74. The molecule has 0 saturated carbocycles. The van der Waals surface area contributed by atoms with Gasteiger partial charge in [-0.15, -0.1) is 0 Å². The van der Waals surface area contributed by atoms with E-state index < -0.39 is 0 Å². The Bertz CT molecular complexity index is 1070. The summed E-state index contributed by atoms with van der Waals surface area (Å²) in [6.07, 6.45) is 2.20. The number of hydrogen-bond donors (Lipinski definition) is 1. The molecule has 152 valence electrons. The van der Waals surface area contributed by atoms with Gasteiger partial charge in [0, 0.05) is 24.0 Å². The molecule has 1 aromatic heterocycles. The van der Waals surface area contributed by atoms with Crippen molar-refractivity contribution in [2.45, 2.75) is 13.3 Å². The number of rotatable bonds is 7. The number of benzene rings is 2. The molecule has 2 aromatic carbocycles. The van der Waals surface area contributed by atoms with Crippen molar-refractivity contribution in [3.8, 4) is 5.75 Å². The van der Waals surface area contributed by atoms with Gasteiger partial charge in [0.25, 0.3) is 11.8 Å². The molecule has 0 unspecified atom stereocenters. The van der Waals surface area contributed by atoms with Crippen LogP contribution in [0.15, 0.2) is 54.7 Å². The van der Waals surface area contributed by atoms with Gasteiger partial charge >= 0.3 is 0 Å². The summed E-state index contributed by atoms with van der Waals surface area (Å²) in [5.41, 5.74) is 2.65. The van der Waals surface area contributed by atoms with Crippen LogP contribution in [0.3, 0.4) is 0 Å². The van der Waals surface area contributed by atoms with Crippen molar-refractivity contribution in [2.75, 3.05) is 18.5 Å². The molecule has 0 atom stereocenters. The number of imide groups is 1. The van der Waals surface area contributed by atoms with Crippen LogP contribution in [0.2, 0.25) is 5.28 Å². The highest BCUT2D eigenvalue weighted by atomic mass is 35.5. The molecule has 0 saturated heterocycles. The van der Waals surface area contributed by atoms with E-state index in [1.54, 1.807) is 30.5 Å². The van der Waals surface area contributed by atoms with Crippen molar-refractivity contribution in [3.05, 3.63) is 76.7 Å². The maximum atomic E-state index is 12.3. The number of nitrogens with zero attached hydrogens (tertiary/aromatic N) is 3. The van der Waals surface area contributed by atoms with Crippen molar-refractivity contribution in [3.63, 3.8) is 0 Å². The lowest BCUT2D eigenvalue weighted by Crippen LogP contribution is -2.31. The average molecular weight is 423 g/mol. The number of anilines is 2. The van der Waals surface area contributed by atoms with Gasteiger partial charge in [-0.3, -0.25) is 14.5 Å². The van der Waals surface area contributed by atoms with E-state index in [1.807, 2.05) is 31.2 Å². The molecule has 4 rings (SSSR count). The van der Waals surface area contributed by atoms with Gasteiger partial charge in [-0.2, -0.15) is 0 Å². The average Bonchev–Trinajstić information content (AvgIpc) is 3.00. The second-order valence-electron chi connectivity index (χ2n) is 6.83. The molecule has 7 nitrogen and oxygen atoms in total. The predicted octanol–water partition coefficient (Wildman–Crippen LogP) is 4.25. The molecule has 0 fully saturated rings. The highest BCUT2D eigenvalue weighted by Crippen LogP contribution is 2.23. The monoisotopic (exact) mass is 422 g/mol. The van der Waals surface area contributed by atoms with Crippen molar-refractivity contribution in [1.82, 2.24) is 14.9 Å². The Labute approximate surface area is 178 Å². The second-order valence-corrected chi connectivity index (χ2v) is 7.17. The number of amides is 2. The van der Waals surface area contributed by atoms with E-state index >= 15 is 0 Å². The summed E-state index contributed by atoms with van der Waals surface area (Å²) in [4.78, 5) is 34.1. The highest BCUT2D eigenvalue weighted by molar-refractivity contribution is 6.28. The molecule has 0 radical (unpaired) electrons. The molecular formula is C22H19ClN4O3. The quantitative estimate of drug-likeness (QED) is 0.348. The highest BCUT2D eigenvalue weighted by Gasteiger charge is 2.34. The van der Waals surface area contributed by atoms with Crippen molar-refractivity contribution < 1.29 is 14.3 Å². The van der Waals surface area contributed by atoms with Gasteiger partial charge < -0.3 is 10.1 Å². The number of carbonyl (C=O) groups is 2. The van der Waals surface area contributed by atoms with Crippen LogP contribution in [-0.2, 0) is 0 Å². The fourth-order valence-electron chi connectivity index (χ4n) is 3.17. The summed E-state index contributed by atoms with van der Waals surface area (Å²) in [6.45, 7) is 2.60. The number of aromatic nitrogens is 2. The summed E-state index contributed by atoms with van der Waals surface area (Å²) in [7, 11) is 0. The molecule has 0 aliphatic carbocycles. The zero-order valence-corrected chi connectivity index (χ0v) is 17.0. The summed E-state index contributed by atoms with van der Waals surface area (Å²) in [5, 5.41) is 3.37.